The van der Waals surface area contributed by atoms with Gasteiger partial charge in [-0.1, -0.05) is 13.8 Å². The Bertz CT molecular complexity index is 508. The van der Waals surface area contributed by atoms with Gasteiger partial charge < -0.3 is 15.2 Å². The Hall–Kier alpha value is -1.52. The zero-order chi connectivity index (χ0) is 17.4. The molecule has 1 fully saturated rings. The van der Waals surface area contributed by atoms with Crippen LogP contribution < -0.4 is 10.6 Å². The first-order valence-electron chi connectivity index (χ1n) is 9.53. The van der Waals surface area contributed by atoms with Crippen LogP contribution in [0.4, 0.5) is 0 Å². The molecule has 0 bridgehead atoms. The van der Waals surface area contributed by atoms with Crippen molar-refractivity contribution in [3.05, 3.63) is 18.2 Å². The van der Waals surface area contributed by atoms with Gasteiger partial charge in [-0.2, -0.15) is 0 Å². The van der Waals surface area contributed by atoms with Gasteiger partial charge in [0.2, 0.25) is 0 Å². The highest BCUT2D eigenvalue weighted by Gasteiger charge is 2.27. The number of aromatic nitrogens is 2. The minimum Gasteiger partial charge on any atom is -0.357 e. The lowest BCUT2D eigenvalue weighted by atomic mass is 9.75. The van der Waals surface area contributed by atoms with Crippen LogP contribution in [0.5, 0.6) is 0 Å². The Balaban J connectivity index is 1.71. The van der Waals surface area contributed by atoms with E-state index in [0.29, 0.717) is 11.5 Å². The summed E-state index contributed by atoms with van der Waals surface area (Å²) < 4.78 is 2.21. The van der Waals surface area contributed by atoms with Gasteiger partial charge in [0.05, 0.1) is 0 Å². The monoisotopic (exact) mass is 333 g/mol. The summed E-state index contributed by atoms with van der Waals surface area (Å²) in [5, 5.41) is 7.02. The molecule has 1 aromatic rings. The molecule has 24 heavy (non-hydrogen) atoms. The molecule has 0 radical (unpaired) electrons. The van der Waals surface area contributed by atoms with Gasteiger partial charge in [0, 0.05) is 38.1 Å². The standard InChI is InChI=1S/C19H35N5/c1-5-20-18(23-17-8-10-19(3,4)11-9-17)22-12-6-7-14-24-15-13-21-16(24)2/h13,15,17H,5-12,14H2,1-4H3,(H2,20,22,23). The molecule has 0 spiro atoms. The third-order valence-electron chi connectivity index (χ3n) is 5.02. The topological polar surface area (TPSA) is 54.2 Å². The average Bonchev–Trinajstić information content (AvgIpc) is 2.94. The molecule has 136 valence electrons. The number of nitrogens with zero attached hydrogens (tertiary/aromatic N) is 3. The molecule has 5 nitrogen and oxygen atoms in total. The van der Waals surface area contributed by atoms with Crippen LogP contribution in [0.1, 0.15) is 65.1 Å². The van der Waals surface area contributed by atoms with Gasteiger partial charge in [-0.15, -0.1) is 0 Å². The maximum atomic E-state index is 4.75. The largest absolute Gasteiger partial charge is 0.357 e. The van der Waals surface area contributed by atoms with E-state index in [0.717, 1.165) is 44.3 Å². The van der Waals surface area contributed by atoms with E-state index in [2.05, 4.69) is 54.1 Å². The van der Waals surface area contributed by atoms with Crippen LogP contribution in [0.15, 0.2) is 17.4 Å². The molecule has 1 aromatic heterocycles. The van der Waals surface area contributed by atoms with Crippen LogP contribution in [-0.4, -0.2) is 34.6 Å². The number of guanidine groups is 1. The van der Waals surface area contributed by atoms with Crippen LogP contribution >= 0.6 is 0 Å². The summed E-state index contributed by atoms with van der Waals surface area (Å²) in [6, 6.07) is 0.574. The number of imidazole rings is 1. The SMILES string of the molecule is CCNC(=NCCCCn1ccnc1C)NC1CCC(C)(C)CC1. The molecular weight excluding hydrogens is 298 g/mol. The highest BCUT2D eigenvalue weighted by Crippen LogP contribution is 2.34. The van der Waals surface area contributed by atoms with Crippen molar-refractivity contribution in [2.45, 2.75) is 78.8 Å². The lowest BCUT2D eigenvalue weighted by Gasteiger charge is -2.35. The lowest BCUT2D eigenvalue weighted by Crippen LogP contribution is -2.45. The third kappa shape index (κ3) is 6.17. The third-order valence-corrected chi connectivity index (χ3v) is 5.02. The van der Waals surface area contributed by atoms with Crippen LogP contribution in [-0.2, 0) is 6.54 Å². The van der Waals surface area contributed by atoms with E-state index in [4.69, 9.17) is 4.99 Å². The van der Waals surface area contributed by atoms with E-state index in [1.165, 1.54) is 25.7 Å². The molecule has 0 unspecified atom stereocenters. The predicted molar refractivity (Wildman–Crippen MR) is 101 cm³/mol. The van der Waals surface area contributed by atoms with E-state index in [-0.39, 0.29) is 0 Å². The predicted octanol–water partition coefficient (Wildman–Crippen LogP) is 3.50. The Kier molecular flexibility index (Phi) is 7.13. The first-order valence-corrected chi connectivity index (χ1v) is 9.53. The maximum absolute atomic E-state index is 4.75. The fourth-order valence-corrected chi connectivity index (χ4v) is 3.28. The molecule has 1 heterocycles. The van der Waals surface area contributed by atoms with Gasteiger partial charge in [0.1, 0.15) is 5.82 Å². The number of unbranched alkanes of at least 4 members (excludes halogenated alkanes) is 1. The van der Waals surface area contributed by atoms with Crippen molar-refractivity contribution in [1.29, 1.82) is 0 Å². The second-order valence-corrected chi connectivity index (χ2v) is 7.72. The van der Waals surface area contributed by atoms with Crippen LogP contribution in [0.3, 0.4) is 0 Å². The van der Waals surface area contributed by atoms with Crippen molar-refractivity contribution < 1.29 is 0 Å². The number of rotatable bonds is 7. The first kappa shape index (κ1) is 18.8. The summed E-state index contributed by atoms with van der Waals surface area (Å²) in [6.45, 7) is 11.8. The minimum absolute atomic E-state index is 0.513. The molecule has 5 heteroatoms. The van der Waals surface area contributed by atoms with Crippen molar-refractivity contribution in [3.63, 3.8) is 0 Å². The fourth-order valence-electron chi connectivity index (χ4n) is 3.28. The van der Waals surface area contributed by atoms with E-state index >= 15 is 0 Å². The van der Waals surface area contributed by atoms with Crippen molar-refractivity contribution in [1.82, 2.24) is 20.2 Å². The van der Waals surface area contributed by atoms with Gasteiger partial charge in [0.25, 0.3) is 0 Å². The normalized spacial score (nSPS) is 18.6. The van der Waals surface area contributed by atoms with Gasteiger partial charge >= 0.3 is 0 Å². The van der Waals surface area contributed by atoms with Gasteiger partial charge in [0.15, 0.2) is 5.96 Å². The van der Waals surface area contributed by atoms with Crippen molar-refractivity contribution in [2.75, 3.05) is 13.1 Å². The smallest absolute Gasteiger partial charge is 0.191 e. The summed E-state index contributed by atoms with van der Waals surface area (Å²) in [5.74, 6) is 2.08. The molecule has 0 saturated heterocycles. The minimum atomic E-state index is 0.513. The first-order chi connectivity index (χ1) is 11.5. The summed E-state index contributed by atoms with van der Waals surface area (Å²) in [7, 11) is 0. The number of aliphatic imine (C=N–C) groups is 1. The summed E-state index contributed by atoms with van der Waals surface area (Å²) in [4.78, 5) is 9.01. The molecule has 0 aromatic carbocycles. The molecule has 0 atom stereocenters. The van der Waals surface area contributed by atoms with E-state index in [1.54, 1.807) is 0 Å². The molecule has 2 rings (SSSR count). The zero-order valence-electron chi connectivity index (χ0n) is 15.9. The van der Waals surface area contributed by atoms with Crippen molar-refractivity contribution >= 4 is 5.96 Å². The number of hydrogen-bond donors (Lipinski definition) is 2. The maximum Gasteiger partial charge on any atom is 0.191 e. The van der Waals surface area contributed by atoms with Crippen LogP contribution in [0.25, 0.3) is 0 Å². The van der Waals surface area contributed by atoms with E-state index in [9.17, 15) is 0 Å². The zero-order valence-corrected chi connectivity index (χ0v) is 15.9. The fraction of sp³-hybridized carbons (Fsp3) is 0.789. The molecule has 1 aliphatic carbocycles. The van der Waals surface area contributed by atoms with E-state index < -0.39 is 0 Å². The molecule has 2 N–H and O–H groups in total. The molecular formula is C19H35N5. The second-order valence-electron chi connectivity index (χ2n) is 7.72. The average molecular weight is 334 g/mol. The quantitative estimate of drug-likeness (QED) is 0.456. The Morgan fingerprint density at radius 1 is 1.33 bits per heavy atom. The second kappa shape index (κ2) is 9.09. The van der Waals surface area contributed by atoms with Gasteiger partial charge in [-0.05, 0) is 57.8 Å². The summed E-state index contributed by atoms with van der Waals surface area (Å²) in [5.41, 5.74) is 0.513. The summed E-state index contributed by atoms with van der Waals surface area (Å²) in [6.07, 6.45) is 11.3. The molecule has 1 aliphatic rings. The summed E-state index contributed by atoms with van der Waals surface area (Å²) >= 11 is 0. The highest BCUT2D eigenvalue weighted by atomic mass is 15.2. The van der Waals surface area contributed by atoms with Crippen molar-refractivity contribution in [3.8, 4) is 0 Å². The number of nitrogens with one attached hydrogen (secondary N) is 2. The Morgan fingerprint density at radius 3 is 2.71 bits per heavy atom. The van der Waals surface area contributed by atoms with E-state index in [1.807, 2.05) is 6.20 Å². The molecule has 0 amide bonds. The lowest BCUT2D eigenvalue weighted by molar-refractivity contribution is 0.216. The van der Waals surface area contributed by atoms with Crippen LogP contribution in [0.2, 0.25) is 0 Å². The molecule has 0 aliphatic heterocycles. The Morgan fingerprint density at radius 2 is 2.08 bits per heavy atom. The van der Waals surface area contributed by atoms with Gasteiger partial charge in [-0.25, -0.2) is 4.98 Å². The van der Waals surface area contributed by atoms with Crippen molar-refractivity contribution in [2.24, 2.45) is 10.4 Å². The number of hydrogen-bond acceptors (Lipinski definition) is 2. The van der Waals surface area contributed by atoms with Gasteiger partial charge in [-0.3, -0.25) is 4.99 Å². The Labute approximate surface area is 147 Å². The molecule has 1 saturated carbocycles. The number of aryl methyl sites for hydroxylation is 2. The van der Waals surface area contributed by atoms with Crippen LogP contribution in [0, 0.1) is 12.3 Å². The highest BCUT2D eigenvalue weighted by molar-refractivity contribution is 5.80.